The van der Waals surface area contributed by atoms with Crippen LogP contribution in [0.3, 0.4) is 0 Å². The van der Waals surface area contributed by atoms with Crippen molar-refractivity contribution in [2.24, 2.45) is 0 Å². The molecule has 1 unspecified atom stereocenters. The van der Waals surface area contributed by atoms with Gasteiger partial charge < -0.3 is 9.84 Å². The van der Waals surface area contributed by atoms with Crippen LogP contribution in [0.15, 0.2) is 23.6 Å². The minimum Gasteiger partial charge on any atom is -0.487 e. The van der Waals surface area contributed by atoms with E-state index in [0.29, 0.717) is 12.5 Å². The Morgan fingerprint density at radius 2 is 2.05 bits per heavy atom. The summed E-state index contributed by atoms with van der Waals surface area (Å²) in [7, 11) is 0. The van der Waals surface area contributed by atoms with Crippen LogP contribution in [0.1, 0.15) is 54.6 Å². The Morgan fingerprint density at radius 1 is 1.30 bits per heavy atom. The molecule has 0 amide bonds. The minimum atomic E-state index is -0.535. The van der Waals surface area contributed by atoms with Crippen molar-refractivity contribution in [3.8, 4) is 5.75 Å². The number of ether oxygens (including phenoxy) is 1. The molecule has 0 saturated carbocycles. The van der Waals surface area contributed by atoms with Gasteiger partial charge in [0.15, 0.2) is 0 Å². The molecule has 108 valence electrons. The number of benzene rings is 1. The Labute approximate surface area is 124 Å². The van der Waals surface area contributed by atoms with Crippen molar-refractivity contribution in [2.75, 3.05) is 0 Å². The van der Waals surface area contributed by atoms with E-state index >= 15 is 0 Å². The highest BCUT2D eigenvalue weighted by Crippen LogP contribution is 2.27. The second kappa shape index (κ2) is 6.37. The van der Waals surface area contributed by atoms with Gasteiger partial charge in [0.25, 0.3) is 0 Å². The van der Waals surface area contributed by atoms with Crippen LogP contribution >= 0.6 is 11.3 Å². The van der Waals surface area contributed by atoms with Crippen LogP contribution < -0.4 is 4.74 Å². The smallest absolute Gasteiger partial charge is 0.131 e. The summed E-state index contributed by atoms with van der Waals surface area (Å²) in [5.41, 5.74) is 2.87. The van der Waals surface area contributed by atoms with Gasteiger partial charge in [-0.25, -0.2) is 4.98 Å². The predicted octanol–water partition coefficient (Wildman–Crippen LogP) is 4.21. The lowest BCUT2D eigenvalue weighted by molar-refractivity contribution is 0.190. The maximum atomic E-state index is 9.78. The summed E-state index contributed by atoms with van der Waals surface area (Å²) in [5, 5.41) is 12.9. The quantitative estimate of drug-likeness (QED) is 0.897. The second-order valence-corrected chi connectivity index (χ2v) is 6.23. The molecule has 1 atom stereocenters. The van der Waals surface area contributed by atoms with Crippen molar-refractivity contribution in [3.63, 3.8) is 0 Å². The number of aryl methyl sites for hydroxylation is 1. The molecule has 3 nitrogen and oxygen atoms in total. The molecule has 0 aliphatic rings. The van der Waals surface area contributed by atoms with Gasteiger partial charge in [0.05, 0.1) is 16.8 Å². The molecule has 0 fully saturated rings. The van der Waals surface area contributed by atoms with Gasteiger partial charge in [0, 0.05) is 16.9 Å². The van der Waals surface area contributed by atoms with Crippen LogP contribution in [0, 0.1) is 6.92 Å². The number of aliphatic hydroxyl groups is 1. The third-order valence-corrected chi connectivity index (χ3v) is 4.25. The summed E-state index contributed by atoms with van der Waals surface area (Å²) in [5.74, 6) is 1.18. The first-order valence-corrected chi connectivity index (χ1v) is 7.71. The normalized spacial score (nSPS) is 12.7. The van der Waals surface area contributed by atoms with Crippen molar-refractivity contribution in [2.45, 2.75) is 46.3 Å². The molecule has 0 saturated heterocycles. The minimum absolute atomic E-state index is 0.437. The van der Waals surface area contributed by atoms with Crippen LogP contribution in [-0.4, -0.2) is 10.1 Å². The Morgan fingerprint density at radius 3 is 2.65 bits per heavy atom. The molecule has 1 aromatic carbocycles. The number of thiazole rings is 1. The van der Waals surface area contributed by atoms with Gasteiger partial charge in [0.1, 0.15) is 12.4 Å². The third kappa shape index (κ3) is 3.58. The monoisotopic (exact) mass is 291 g/mol. The number of nitrogens with zero attached hydrogens (tertiary/aromatic N) is 1. The molecule has 0 aliphatic heterocycles. The fourth-order valence-electron chi connectivity index (χ4n) is 1.92. The molecular formula is C16H21NO2S. The number of hydrogen-bond donors (Lipinski definition) is 1. The van der Waals surface area contributed by atoms with Gasteiger partial charge in [-0.3, -0.25) is 0 Å². The van der Waals surface area contributed by atoms with Crippen LogP contribution in [0.2, 0.25) is 0 Å². The average Bonchev–Trinajstić information content (AvgIpc) is 2.85. The van der Waals surface area contributed by atoms with E-state index in [9.17, 15) is 5.11 Å². The van der Waals surface area contributed by atoms with Crippen molar-refractivity contribution < 1.29 is 9.84 Å². The molecule has 4 heteroatoms. The highest BCUT2D eigenvalue weighted by Gasteiger charge is 2.11. The largest absolute Gasteiger partial charge is 0.487 e. The predicted molar refractivity (Wildman–Crippen MR) is 82.3 cm³/mol. The van der Waals surface area contributed by atoms with Crippen molar-refractivity contribution in [3.05, 3.63) is 45.4 Å². The van der Waals surface area contributed by atoms with E-state index in [1.807, 2.05) is 30.5 Å². The highest BCUT2D eigenvalue weighted by molar-refractivity contribution is 7.09. The zero-order valence-corrected chi connectivity index (χ0v) is 13.2. The Bertz CT molecular complexity index is 576. The van der Waals surface area contributed by atoms with Crippen LogP contribution in [-0.2, 0) is 6.61 Å². The fourth-order valence-corrected chi connectivity index (χ4v) is 2.74. The van der Waals surface area contributed by atoms with Crippen LogP contribution in [0.4, 0.5) is 0 Å². The molecule has 20 heavy (non-hydrogen) atoms. The van der Waals surface area contributed by atoms with E-state index in [-0.39, 0.29) is 0 Å². The molecule has 0 bridgehead atoms. The van der Waals surface area contributed by atoms with E-state index in [4.69, 9.17) is 4.74 Å². The van der Waals surface area contributed by atoms with Crippen molar-refractivity contribution >= 4 is 11.3 Å². The van der Waals surface area contributed by atoms with Crippen LogP contribution in [0.25, 0.3) is 0 Å². The van der Waals surface area contributed by atoms with Gasteiger partial charge in [-0.05, 0) is 25.5 Å². The average molecular weight is 291 g/mol. The molecular weight excluding hydrogens is 270 g/mol. The number of aliphatic hydroxyl groups excluding tert-OH is 1. The third-order valence-electron chi connectivity index (χ3n) is 3.06. The van der Waals surface area contributed by atoms with E-state index < -0.39 is 6.10 Å². The lowest BCUT2D eigenvalue weighted by Gasteiger charge is -2.13. The van der Waals surface area contributed by atoms with Crippen molar-refractivity contribution in [1.29, 1.82) is 0 Å². The summed E-state index contributed by atoms with van der Waals surface area (Å²) in [6.07, 6.45) is -0.535. The van der Waals surface area contributed by atoms with Gasteiger partial charge in [0.2, 0.25) is 0 Å². The summed E-state index contributed by atoms with van der Waals surface area (Å²) in [4.78, 5) is 4.55. The molecule has 1 N–H and O–H groups in total. The molecule has 0 aliphatic carbocycles. The Balaban J connectivity index is 2.11. The summed E-state index contributed by atoms with van der Waals surface area (Å²) in [6, 6.07) is 5.85. The van der Waals surface area contributed by atoms with Gasteiger partial charge in [-0.2, -0.15) is 0 Å². The van der Waals surface area contributed by atoms with E-state index in [1.165, 1.54) is 0 Å². The maximum absolute atomic E-state index is 9.78. The molecule has 2 aromatic rings. The fraction of sp³-hybridized carbons (Fsp3) is 0.438. The number of hydrogen-bond acceptors (Lipinski definition) is 4. The van der Waals surface area contributed by atoms with E-state index in [1.54, 1.807) is 18.3 Å². The molecule has 2 rings (SSSR count). The Kier molecular flexibility index (Phi) is 4.78. The molecule has 1 heterocycles. The van der Waals surface area contributed by atoms with Gasteiger partial charge in [-0.1, -0.05) is 26.0 Å². The van der Waals surface area contributed by atoms with Gasteiger partial charge >= 0.3 is 0 Å². The van der Waals surface area contributed by atoms with Crippen LogP contribution in [0.5, 0.6) is 5.75 Å². The zero-order valence-electron chi connectivity index (χ0n) is 12.4. The summed E-state index contributed by atoms with van der Waals surface area (Å²) in [6.45, 7) is 8.47. The first kappa shape index (κ1) is 15.0. The molecule has 0 spiro atoms. The number of rotatable bonds is 5. The standard InChI is InChI=1S/C16H21NO2S/c1-10(2)16-17-13(9-20-16)8-19-15-7-11(3)5-6-14(15)12(4)18/h5-7,9-10,12,18H,8H2,1-4H3. The first-order valence-electron chi connectivity index (χ1n) is 6.83. The van der Waals surface area contributed by atoms with Gasteiger partial charge in [-0.15, -0.1) is 11.3 Å². The first-order chi connectivity index (χ1) is 9.47. The van der Waals surface area contributed by atoms with Crippen molar-refractivity contribution in [1.82, 2.24) is 4.98 Å². The Hall–Kier alpha value is -1.39. The lowest BCUT2D eigenvalue weighted by atomic mass is 10.1. The SMILES string of the molecule is Cc1ccc(C(C)O)c(OCc2csc(C(C)C)n2)c1. The second-order valence-electron chi connectivity index (χ2n) is 5.34. The maximum Gasteiger partial charge on any atom is 0.131 e. The summed E-state index contributed by atoms with van der Waals surface area (Å²) >= 11 is 1.67. The van der Waals surface area contributed by atoms with E-state index in [2.05, 4.69) is 18.8 Å². The zero-order chi connectivity index (χ0) is 14.7. The number of aromatic nitrogens is 1. The van der Waals surface area contributed by atoms with E-state index in [0.717, 1.165) is 27.6 Å². The molecule has 0 radical (unpaired) electrons. The highest BCUT2D eigenvalue weighted by atomic mass is 32.1. The topological polar surface area (TPSA) is 42.4 Å². The summed E-state index contributed by atoms with van der Waals surface area (Å²) < 4.78 is 5.84. The lowest BCUT2D eigenvalue weighted by Crippen LogP contribution is -2.02. The molecule has 1 aromatic heterocycles.